The minimum absolute atomic E-state index is 0.210. The predicted molar refractivity (Wildman–Crippen MR) is 131 cm³/mol. The highest BCUT2D eigenvalue weighted by Crippen LogP contribution is 2.27. The predicted octanol–water partition coefficient (Wildman–Crippen LogP) is 3.84. The monoisotopic (exact) mass is 484 g/mol. The molecular weight excluding hydrogens is 456 g/mol. The molecule has 0 aromatic heterocycles. The second-order valence-electron chi connectivity index (χ2n) is 7.46. The molecule has 0 spiro atoms. The molecule has 8 nitrogen and oxygen atoms in total. The summed E-state index contributed by atoms with van der Waals surface area (Å²) in [7, 11) is -2.16. The number of anilines is 1. The number of nitrogens with one attached hydrogen (secondary N) is 1. The number of ether oxygens (including phenoxy) is 3. The molecule has 180 valence electrons. The lowest BCUT2D eigenvalue weighted by molar-refractivity contribution is -0.121. The maximum atomic E-state index is 12.7. The average molecular weight is 485 g/mol. The zero-order valence-electron chi connectivity index (χ0n) is 19.3. The van der Waals surface area contributed by atoms with Crippen molar-refractivity contribution in [3.8, 4) is 23.0 Å². The fraction of sp³-hybridized carbons (Fsp3) is 0.240. The number of rotatable bonds is 11. The molecule has 0 aliphatic rings. The molecule has 0 saturated carbocycles. The molecule has 3 aromatic carbocycles. The summed E-state index contributed by atoms with van der Waals surface area (Å²) in [4.78, 5) is 12.7. The molecule has 9 heteroatoms. The molecule has 0 unspecified atom stereocenters. The highest BCUT2D eigenvalue weighted by molar-refractivity contribution is 7.92. The van der Waals surface area contributed by atoms with Crippen LogP contribution in [0.3, 0.4) is 0 Å². The minimum Gasteiger partial charge on any atom is -0.497 e. The van der Waals surface area contributed by atoms with Crippen molar-refractivity contribution in [1.82, 2.24) is 5.32 Å². The van der Waals surface area contributed by atoms with Crippen LogP contribution >= 0.6 is 0 Å². The summed E-state index contributed by atoms with van der Waals surface area (Å²) in [5.41, 5.74) is 0.359. The van der Waals surface area contributed by atoms with E-state index < -0.39 is 22.0 Å². The molecule has 1 amide bonds. The Morgan fingerprint density at radius 3 is 2.18 bits per heavy atom. The first-order valence-electron chi connectivity index (χ1n) is 10.6. The third-order valence-electron chi connectivity index (χ3n) is 4.87. The Labute approximate surface area is 200 Å². The zero-order valence-corrected chi connectivity index (χ0v) is 20.1. The molecule has 0 aliphatic carbocycles. The van der Waals surface area contributed by atoms with Crippen LogP contribution < -0.4 is 23.8 Å². The normalized spacial score (nSPS) is 11.9. The van der Waals surface area contributed by atoms with Gasteiger partial charge in [-0.05, 0) is 55.5 Å². The second-order valence-corrected chi connectivity index (χ2v) is 9.32. The number of carbonyl (C=O) groups is 1. The summed E-state index contributed by atoms with van der Waals surface area (Å²) in [6.45, 7) is 1.96. The van der Waals surface area contributed by atoms with E-state index in [0.717, 1.165) is 10.6 Å². The summed E-state index contributed by atoms with van der Waals surface area (Å²) in [5.74, 6) is 2.05. The van der Waals surface area contributed by atoms with Gasteiger partial charge in [0, 0.05) is 6.07 Å². The van der Waals surface area contributed by atoms with Gasteiger partial charge in [-0.15, -0.1) is 0 Å². The summed E-state index contributed by atoms with van der Waals surface area (Å²) in [6.07, 6.45) is 1.07. The summed E-state index contributed by atoms with van der Waals surface area (Å²) in [6, 6.07) is 21.9. The summed E-state index contributed by atoms with van der Waals surface area (Å²) >= 11 is 0. The van der Waals surface area contributed by atoms with Gasteiger partial charge in [-0.1, -0.05) is 24.3 Å². The Morgan fingerprint density at radius 2 is 1.53 bits per heavy atom. The van der Waals surface area contributed by atoms with Crippen molar-refractivity contribution < 1.29 is 27.4 Å². The Kier molecular flexibility index (Phi) is 8.37. The molecule has 0 fully saturated rings. The SMILES string of the molecule is COc1cccc(OCCNC(=O)[C@H](C)N(c2ccc(Oc3ccccc3)cc2)S(C)(=O)=O)c1. The fourth-order valence-corrected chi connectivity index (χ4v) is 4.45. The van der Waals surface area contributed by atoms with Crippen molar-refractivity contribution in [3.63, 3.8) is 0 Å². The van der Waals surface area contributed by atoms with Crippen molar-refractivity contribution >= 4 is 21.6 Å². The van der Waals surface area contributed by atoms with Gasteiger partial charge in [0.15, 0.2) is 0 Å². The lowest BCUT2D eigenvalue weighted by Crippen LogP contribution is -2.48. The van der Waals surface area contributed by atoms with Crippen LogP contribution in [0, 0.1) is 0 Å². The van der Waals surface area contributed by atoms with Crippen molar-refractivity contribution in [3.05, 3.63) is 78.9 Å². The maximum absolute atomic E-state index is 12.7. The first-order chi connectivity index (χ1) is 16.3. The minimum atomic E-state index is -3.73. The first kappa shape index (κ1) is 24.9. The van der Waals surface area contributed by atoms with Gasteiger partial charge in [-0.2, -0.15) is 0 Å². The van der Waals surface area contributed by atoms with Crippen LogP contribution in [0.15, 0.2) is 78.9 Å². The van der Waals surface area contributed by atoms with Gasteiger partial charge in [0.05, 0.1) is 25.6 Å². The summed E-state index contributed by atoms with van der Waals surface area (Å²) in [5, 5.41) is 2.72. The topological polar surface area (TPSA) is 94.2 Å². The Bertz CT molecular complexity index is 1180. The van der Waals surface area contributed by atoms with Gasteiger partial charge in [-0.25, -0.2) is 8.42 Å². The standard InChI is InChI=1S/C25H28N2O6S/c1-19(25(28)26-16-17-32-24-11-7-10-23(18-24)31-2)27(34(3,29)30)20-12-14-22(15-13-20)33-21-8-5-4-6-9-21/h4-15,18-19H,16-17H2,1-3H3,(H,26,28)/t19-/m0/s1. The maximum Gasteiger partial charge on any atom is 0.243 e. The van der Waals surface area contributed by atoms with Crippen LogP contribution in [0.4, 0.5) is 5.69 Å². The van der Waals surface area contributed by atoms with Gasteiger partial charge in [0.1, 0.15) is 35.6 Å². The highest BCUT2D eigenvalue weighted by Gasteiger charge is 2.29. The number of hydrogen-bond donors (Lipinski definition) is 1. The number of nitrogens with zero attached hydrogens (tertiary/aromatic N) is 1. The Balaban J connectivity index is 1.61. The molecule has 3 aromatic rings. The van der Waals surface area contributed by atoms with E-state index in [9.17, 15) is 13.2 Å². The quantitative estimate of drug-likeness (QED) is 0.416. The van der Waals surface area contributed by atoms with Crippen LogP contribution in [-0.2, 0) is 14.8 Å². The molecule has 0 heterocycles. The third-order valence-corrected chi connectivity index (χ3v) is 6.11. The lowest BCUT2D eigenvalue weighted by Gasteiger charge is -2.28. The number of carbonyl (C=O) groups excluding carboxylic acids is 1. The molecule has 1 atom stereocenters. The molecule has 34 heavy (non-hydrogen) atoms. The van der Waals surface area contributed by atoms with Crippen LogP contribution in [-0.4, -0.2) is 46.9 Å². The van der Waals surface area contributed by atoms with Crippen LogP contribution in [0.25, 0.3) is 0 Å². The third kappa shape index (κ3) is 6.89. The van der Waals surface area contributed by atoms with Crippen LogP contribution in [0.5, 0.6) is 23.0 Å². The van der Waals surface area contributed by atoms with E-state index in [0.29, 0.717) is 28.7 Å². The van der Waals surface area contributed by atoms with E-state index >= 15 is 0 Å². The van der Waals surface area contributed by atoms with Gasteiger partial charge in [-0.3, -0.25) is 9.10 Å². The number of benzene rings is 3. The van der Waals surface area contributed by atoms with E-state index in [1.54, 1.807) is 55.6 Å². The zero-order chi connectivity index (χ0) is 24.6. The van der Waals surface area contributed by atoms with E-state index in [1.807, 2.05) is 30.3 Å². The smallest absolute Gasteiger partial charge is 0.243 e. The molecule has 0 bridgehead atoms. The number of methoxy groups -OCH3 is 1. The number of sulfonamides is 1. The lowest BCUT2D eigenvalue weighted by atomic mass is 10.2. The summed E-state index contributed by atoms with van der Waals surface area (Å²) < 4.78 is 42.6. The second kappa shape index (κ2) is 11.4. The van der Waals surface area contributed by atoms with Crippen molar-refractivity contribution in [2.24, 2.45) is 0 Å². The number of para-hydroxylation sites is 1. The van der Waals surface area contributed by atoms with Crippen LogP contribution in [0.1, 0.15) is 6.92 Å². The number of hydrogen-bond acceptors (Lipinski definition) is 6. The van der Waals surface area contributed by atoms with E-state index in [-0.39, 0.29) is 13.2 Å². The van der Waals surface area contributed by atoms with Crippen molar-refractivity contribution in [2.75, 3.05) is 30.8 Å². The van der Waals surface area contributed by atoms with Crippen molar-refractivity contribution in [2.45, 2.75) is 13.0 Å². The largest absolute Gasteiger partial charge is 0.497 e. The van der Waals surface area contributed by atoms with Crippen LogP contribution in [0.2, 0.25) is 0 Å². The van der Waals surface area contributed by atoms with Gasteiger partial charge < -0.3 is 19.5 Å². The number of amides is 1. The van der Waals surface area contributed by atoms with Gasteiger partial charge in [0.25, 0.3) is 0 Å². The molecule has 3 rings (SSSR count). The molecule has 1 N–H and O–H groups in total. The molecule has 0 radical (unpaired) electrons. The van der Waals surface area contributed by atoms with Crippen molar-refractivity contribution in [1.29, 1.82) is 0 Å². The average Bonchev–Trinajstić information content (AvgIpc) is 2.83. The Morgan fingerprint density at radius 1 is 0.912 bits per heavy atom. The molecule has 0 aliphatic heterocycles. The molecular formula is C25H28N2O6S. The van der Waals surface area contributed by atoms with E-state index in [4.69, 9.17) is 14.2 Å². The molecule has 0 saturated heterocycles. The highest BCUT2D eigenvalue weighted by atomic mass is 32.2. The first-order valence-corrected chi connectivity index (χ1v) is 12.5. The van der Waals surface area contributed by atoms with Gasteiger partial charge >= 0.3 is 0 Å². The Hall–Kier alpha value is -3.72. The van der Waals surface area contributed by atoms with Gasteiger partial charge in [0.2, 0.25) is 15.9 Å². The fourth-order valence-electron chi connectivity index (χ4n) is 3.28. The van der Waals surface area contributed by atoms with E-state index in [2.05, 4.69) is 5.32 Å². The van der Waals surface area contributed by atoms with E-state index in [1.165, 1.54) is 6.92 Å².